The van der Waals surface area contributed by atoms with Crippen molar-refractivity contribution < 1.29 is 39.6 Å². The van der Waals surface area contributed by atoms with Gasteiger partial charge in [0.2, 0.25) is 0 Å². The van der Waals surface area contributed by atoms with Crippen molar-refractivity contribution in [3.63, 3.8) is 0 Å². The van der Waals surface area contributed by atoms with Crippen LogP contribution in [0.15, 0.2) is 0 Å². The van der Waals surface area contributed by atoms with Gasteiger partial charge in [-0.3, -0.25) is 19.2 Å². The molecule has 0 amide bonds. The first-order valence-electron chi connectivity index (χ1n) is 7.13. The Morgan fingerprint density at radius 2 is 0.682 bits per heavy atom. The second kappa shape index (κ2) is 7.77. The maximum absolute atomic E-state index is 10.4. The monoisotopic (exact) mass is 316 g/mol. The lowest BCUT2D eigenvalue weighted by atomic mass is 10.1. The maximum atomic E-state index is 10.4. The minimum absolute atomic E-state index is 0.296. The number of carboxylic acids is 4. The van der Waals surface area contributed by atoms with Gasteiger partial charge in [0.1, 0.15) is 0 Å². The Kier molecular flexibility index (Phi) is 6.33. The Bertz CT molecular complexity index is 376. The van der Waals surface area contributed by atoms with Crippen LogP contribution in [0.4, 0.5) is 0 Å². The molecule has 0 aromatic rings. The van der Waals surface area contributed by atoms with Crippen molar-refractivity contribution in [1.82, 2.24) is 0 Å². The summed E-state index contributed by atoms with van der Waals surface area (Å²) >= 11 is 0. The van der Waals surface area contributed by atoms with E-state index in [1.807, 2.05) is 0 Å². The van der Waals surface area contributed by atoms with Crippen molar-refractivity contribution in [1.29, 1.82) is 0 Å². The highest BCUT2D eigenvalue weighted by atomic mass is 16.4. The number of carbonyl (C=O) groups is 4. The molecular formula is C14H20O8. The summed E-state index contributed by atoms with van der Waals surface area (Å²) < 4.78 is 0. The van der Waals surface area contributed by atoms with E-state index in [1.54, 1.807) is 0 Å². The van der Waals surface area contributed by atoms with Gasteiger partial charge in [0.05, 0.1) is 23.7 Å². The summed E-state index contributed by atoms with van der Waals surface area (Å²) in [4.78, 5) is 41.5. The molecule has 0 saturated heterocycles. The summed E-state index contributed by atoms with van der Waals surface area (Å²) in [5, 5.41) is 34.1. The van der Waals surface area contributed by atoms with E-state index in [0.717, 1.165) is 0 Å². The van der Waals surface area contributed by atoms with E-state index in [1.165, 1.54) is 0 Å². The van der Waals surface area contributed by atoms with Crippen molar-refractivity contribution >= 4 is 23.9 Å². The number of hydrogen-bond donors (Lipinski definition) is 4. The molecule has 0 bridgehead atoms. The van der Waals surface area contributed by atoms with Gasteiger partial charge in [-0.2, -0.15) is 0 Å². The Labute approximate surface area is 126 Å². The average molecular weight is 316 g/mol. The number of rotatable bonds is 4. The highest BCUT2D eigenvalue weighted by Gasteiger charge is 2.34. The van der Waals surface area contributed by atoms with Gasteiger partial charge in [0.25, 0.3) is 0 Å². The first kappa shape index (κ1) is 17.9. The second-order valence-electron chi connectivity index (χ2n) is 5.77. The van der Waals surface area contributed by atoms with Crippen LogP contribution in [0.3, 0.4) is 0 Å². The van der Waals surface area contributed by atoms with Crippen LogP contribution in [-0.2, 0) is 19.2 Å². The fourth-order valence-corrected chi connectivity index (χ4v) is 2.86. The Hall–Kier alpha value is -2.12. The van der Waals surface area contributed by atoms with E-state index in [9.17, 15) is 19.2 Å². The molecule has 8 nitrogen and oxygen atoms in total. The molecule has 0 aliphatic heterocycles. The van der Waals surface area contributed by atoms with E-state index in [4.69, 9.17) is 20.4 Å². The molecule has 0 radical (unpaired) electrons. The topological polar surface area (TPSA) is 149 Å². The van der Waals surface area contributed by atoms with E-state index in [-0.39, 0.29) is 0 Å². The number of hydrogen-bond acceptors (Lipinski definition) is 4. The molecule has 2 aliphatic rings. The fraction of sp³-hybridized carbons (Fsp3) is 0.714. The first-order chi connectivity index (χ1) is 10.2. The number of carboxylic acid groups (broad SMARTS) is 4. The van der Waals surface area contributed by atoms with Crippen LogP contribution in [0.25, 0.3) is 0 Å². The van der Waals surface area contributed by atoms with Gasteiger partial charge < -0.3 is 20.4 Å². The minimum Gasteiger partial charge on any atom is -0.481 e. The summed E-state index contributed by atoms with van der Waals surface area (Å²) in [6.07, 6.45) is 2.62. The third kappa shape index (κ3) is 5.01. The van der Waals surface area contributed by atoms with Gasteiger partial charge in [0, 0.05) is 0 Å². The van der Waals surface area contributed by atoms with Crippen LogP contribution in [0.2, 0.25) is 0 Å². The molecule has 124 valence electrons. The molecule has 4 N–H and O–H groups in total. The predicted octanol–water partition coefficient (Wildman–Crippen LogP) is 1.14. The smallest absolute Gasteiger partial charge is 0.306 e. The molecule has 0 aromatic heterocycles. The Morgan fingerprint density at radius 1 is 0.500 bits per heavy atom. The third-order valence-corrected chi connectivity index (χ3v) is 4.26. The molecule has 2 rings (SSSR count). The standard InChI is InChI=1S/2C7H10O4/c2*8-6(9)4-1-2-5(3-4)7(10)11/h2*4-5H,1-3H2,(H,8,9)(H,10,11)/t2*4-,5+. The molecular weight excluding hydrogens is 296 g/mol. The predicted molar refractivity (Wildman–Crippen MR) is 72.2 cm³/mol. The summed E-state index contributed by atoms with van der Waals surface area (Å²) in [5.41, 5.74) is 0. The highest BCUT2D eigenvalue weighted by Crippen LogP contribution is 2.31. The largest absolute Gasteiger partial charge is 0.481 e. The quantitative estimate of drug-likeness (QED) is 0.603. The molecule has 4 atom stereocenters. The van der Waals surface area contributed by atoms with Crippen LogP contribution < -0.4 is 0 Å². The molecule has 2 fully saturated rings. The van der Waals surface area contributed by atoms with Crippen molar-refractivity contribution in [3.05, 3.63) is 0 Å². The normalized spacial score (nSPS) is 30.2. The van der Waals surface area contributed by atoms with Gasteiger partial charge in [-0.15, -0.1) is 0 Å². The second-order valence-corrected chi connectivity index (χ2v) is 5.77. The van der Waals surface area contributed by atoms with Crippen molar-refractivity contribution in [3.8, 4) is 0 Å². The van der Waals surface area contributed by atoms with Crippen LogP contribution in [0.5, 0.6) is 0 Å². The molecule has 2 aliphatic carbocycles. The van der Waals surface area contributed by atoms with Crippen molar-refractivity contribution in [2.24, 2.45) is 23.7 Å². The first-order valence-corrected chi connectivity index (χ1v) is 7.13. The van der Waals surface area contributed by atoms with E-state index >= 15 is 0 Å². The molecule has 0 unspecified atom stereocenters. The van der Waals surface area contributed by atoms with E-state index in [0.29, 0.717) is 38.5 Å². The fourth-order valence-electron chi connectivity index (χ4n) is 2.86. The van der Waals surface area contributed by atoms with Gasteiger partial charge in [-0.1, -0.05) is 0 Å². The lowest BCUT2D eigenvalue weighted by Gasteiger charge is -2.01. The lowest BCUT2D eigenvalue weighted by Crippen LogP contribution is -2.13. The van der Waals surface area contributed by atoms with Crippen LogP contribution >= 0.6 is 0 Å². The summed E-state index contributed by atoms with van der Waals surface area (Å²) in [6.45, 7) is 0. The summed E-state index contributed by atoms with van der Waals surface area (Å²) in [5.74, 6) is -5.20. The van der Waals surface area contributed by atoms with Gasteiger partial charge in [0.15, 0.2) is 0 Å². The number of aliphatic carboxylic acids is 4. The van der Waals surface area contributed by atoms with Gasteiger partial charge in [-0.25, -0.2) is 0 Å². The third-order valence-electron chi connectivity index (χ3n) is 4.26. The summed E-state index contributed by atoms with van der Waals surface area (Å²) in [7, 11) is 0. The molecule has 22 heavy (non-hydrogen) atoms. The van der Waals surface area contributed by atoms with Crippen LogP contribution in [-0.4, -0.2) is 44.3 Å². The van der Waals surface area contributed by atoms with Crippen LogP contribution in [0, 0.1) is 23.7 Å². The SMILES string of the molecule is O=C(O)[C@@H]1CC[C@H](C(=O)O)C1.O=C(O)[C@@H]1CC[C@H](C(=O)O)C1. The van der Waals surface area contributed by atoms with Crippen LogP contribution in [0.1, 0.15) is 38.5 Å². The van der Waals surface area contributed by atoms with E-state index < -0.39 is 47.5 Å². The Morgan fingerprint density at radius 3 is 0.773 bits per heavy atom. The lowest BCUT2D eigenvalue weighted by molar-refractivity contribution is -0.145. The van der Waals surface area contributed by atoms with Gasteiger partial charge in [-0.05, 0) is 38.5 Å². The zero-order valence-electron chi connectivity index (χ0n) is 12.0. The highest BCUT2D eigenvalue weighted by molar-refractivity contribution is 5.75. The van der Waals surface area contributed by atoms with Gasteiger partial charge >= 0.3 is 23.9 Å². The molecule has 0 aromatic carbocycles. The minimum atomic E-state index is -0.867. The maximum Gasteiger partial charge on any atom is 0.306 e. The Balaban J connectivity index is 0.000000220. The average Bonchev–Trinajstić information content (AvgIpc) is 3.09. The summed E-state index contributed by atoms with van der Waals surface area (Å²) in [6, 6.07) is 0. The molecule has 8 heteroatoms. The van der Waals surface area contributed by atoms with Crippen molar-refractivity contribution in [2.75, 3.05) is 0 Å². The zero-order valence-corrected chi connectivity index (χ0v) is 12.0. The van der Waals surface area contributed by atoms with Crippen molar-refractivity contribution in [2.45, 2.75) is 38.5 Å². The van der Waals surface area contributed by atoms with E-state index in [2.05, 4.69) is 0 Å². The molecule has 0 spiro atoms. The molecule has 2 saturated carbocycles. The molecule has 0 heterocycles. The zero-order chi connectivity index (χ0) is 16.9.